The second kappa shape index (κ2) is 5.62. The summed E-state index contributed by atoms with van der Waals surface area (Å²) in [5.74, 6) is 0.309. The van der Waals surface area contributed by atoms with Crippen molar-refractivity contribution in [3.63, 3.8) is 0 Å². The Morgan fingerprint density at radius 1 is 1.50 bits per heavy atom. The third kappa shape index (κ3) is 3.77. The minimum Gasteiger partial charge on any atom is -0.508 e. The van der Waals surface area contributed by atoms with Crippen molar-refractivity contribution in [2.24, 2.45) is 0 Å². The Balaban J connectivity index is 2.37. The van der Waals surface area contributed by atoms with Gasteiger partial charge in [-0.25, -0.2) is 0 Å². The first-order valence-electron chi connectivity index (χ1n) is 4.72. The number of rotatable bonds is 5. The molecule has 0 amide bonds. The molecule has 3 nitrogen and oxygen atoms in total. The van der Waals surface area contributed by atoms with Crippen LogP contribution in [0.25, 0.3) is 0 Å². The highest BCUT2D eigenvalue weighted by Crippen LogP contribution is 2.10. The summed E-state index contributed by atoms with van der Waals surface area (Å²) in [5, 5.41) is 12.5. The number of benzene rings is 1. The van der Waals surface area contributed by atoms with Gasteiger partial charge in [0.1, 0.15) is 5.75 Å². The molecule has 0 aliphatic heterocycles. The summed E-state index contributed by atoms with van der Waals surface area (Å²) in [6, 6.07) is 7.57. The second-order valence-electron chi connectivity index (χ2n) is 3.41. The van der Waals surface area contributed by atoms with Gasteiger partial charge in [0.25, 0.3) is 0 Å². The number of phenols is 1. The van der Waals surface area contributed by atoms with Gasteiger partial charge in [-0.1, -0.05) is 12.1 Å². The lowest BCUT2D eigenvalue weighted by molar-refractivity contribution is 0.171. The molecule has 1 atom stereocenters. The SMILES string of the molecule is COCC(C)NCc1cccc(O)c1. The lowest BCUT2D eigenvalue weighted by Gasteiger charge is -2.12. The fourth-order valence-corrected chi connectivity index (χ4v) is 1.27. The molecule has 0 bridgehead atoms. The van der Waals surface area contributed by atoms with Crippen molar-refractivity contribution >= 4 is 0 Å². The number of ether oxygens (including phenoxy) is 1. The molecule has 0 fully saturated rings. The van der Waals surface area contributed by atoms with E-state index in [0.717, 1.165) is 12.1 Å². The third-order valence-corrected chi connectivity index (χ3v) is 1.98. The van der Waals surface area contributed by atoms with Crippen molar-refractivity contribution in [3.8, 4) is 5.75 Å². The van der Waals surface area contributed by atoms with Crippen LogP contribution in [0, 0.1) is 0 Å². The van der Waals surface area contributed by atoms with Crippen LogP contribution in [-0.4, -0.2) is 24.9 Å². The highest BCUT2D eigenvalue weighted by atomic mass is 16.5. The van der Waals surface area contributed by atoms with E-state index in [2.05, 4.69) is 12.2 Å². The van der Waals surface area contributed by atoms with E-state index in [9.17, 15) is 5.11 Å². The molecule has 1 rings (SSSR count). The number of hydrogen-bond acceptors (Lipinski definition) is 3. The topological polar surface area (TPSA) is 41.5 Å². The van der Waals surface area contributed by atoms with Gasteiger partial charge in [-0.3, -0.25) is 0 Å². The standard InChI is InChI=1S/C11H17NO2/c1-9(8-14-2)12-7-10-4-3-5-11(13)6-10/h3-6,9,12-13H,7-8H2,1-2H3. The molecular weight excluding hydrogens is 178 g/mol. The van der Waals surface area contributed by atoms with Crippen molar-refractivity contribution in [1.29, 1.82) is 0 Å². The van der Waals surface area contributed by atoms with Gasteiger partial charge in [0, 0.05) is 19.7 Å². The average Bonchev–Trinajstić information content (AvgIpc) is 2.15. The zero-order chi connectivity index (χ0) is 10.4. The highest BCUT2D eigenvalue weighted by molar-refractivity contribution is 5.26. The van der Waals surface area contributed by atoms with Crippen LogP contribution in [-0.2, 0) is 11.3 Å². The molecule has 0 aliphatic rings. The predicted molar refractivity (Wildman–Crippen MR) is 56.3 cm³/mol. The summed E-state index contributed by atoms with van der Waals surface area (Å²) in [5.41, 5.74) is 1.08. The molecule has 0 saturated carbocycles. The Morgan fingerprint density at radius 3 is 2.93 bits per heavy atom. The van der Waals surface area contributed by atoms with E-state index < -0.39 is 0 Å². The van der Waals surface area contributed by atoms with Gasteiger partial charge in [0.2, 0.25) is 0 Å². The summed E-state index contributed by atoms with van der Waals surface area (Å²) < 4.78 is 5.00. The molecule has 0 heterocycles. The Hall–Kier alpha value is -1.06. The number of methoxy groups -OCH3 is 1. The summed E-state index contributed by atoms with van der Waals surface area (Å²) in [7, 11) is 1.69. The molecule has 1 unspecified atom stereocenters. The van der Waals surface area contributed by atoms with E-state index in [1.807, 2.05) is 12.1 Å². The average molecular weight is 195 g/mol. The van der Waals surface area contributed by atoms with Crippen molar-refractivity contribution in [2.75, 3.05) is 13.7 Å². The molecule has 1 aromatic carbocycles. The molecular formula is C11H17NO2. The van der Waals surface area contributed by atoms with Crippen LogP contribution in [0.5, 0.6) is 5.75 Å². The number of nitrogens with one attached hydrogen (secondary N) is 1. The van der Waals surface area contributed by atoms with Gasteiger partial charge in [0.15, 0.2) is 0 Å². The van der Waals surface area contributed by atoms with Crippen molar-refractivity contribution in [1.82, 2.24) is 5.32 Å². The van der Waals surface area contributed by atoms with E-state index in [0.29, 0.717) is 18.4 Å². The van der Waals surface area contributed by atoms with Crippen molar-refractivity contribution < 1.29 is 9.84 Å². The van der Waals surface area contributed by atoms with Crippen LogP contribution in [0.3, 0.4) is 0 Å². The van der Waals surface area contributed by atoms with Gasteiger partial charge in [-0.2, -0.15) is 0 Å². The van der Waals surface area contributed by atoms with Gasteiger partial charge in [-0.05, 0) is 24.6 Å². The molecule has 78 valence electrons. The van der Waals surface area contributed by atoms with Gasteiger partial charge in [0.05, 0.1) is 6.61 Å². The van der Waals surface area contributed by atoms with Crippen LogP contribution < -0.4 is 5.32 Å². The van der Waals surface area contributed by atoms with E-state index >= 15 is 0 Å². The monoisotopic (exact) mass is 195 g/mol. The quantitative estimate of drug-likeness (QED) is 0.748. The van der Waals surface area contributed by atoms with Crippen molar-refractivity contribution in [2.45, 2.75) is 19.5 Å². The molecule has 3 heteroatoms. The largest absolute Gasteiger partial charge is 0.508 e. The van der Waals surface area contributed by atoms with E-state index in [1.165, 1.54) is 0 Å². The Morgan fingerprint density at radius 2 is 2.29 bits per heavy atom. The molecule has 0 aliphatic carbocycles. The maximum Gasteiger partial charge on any atom is 0.115 e. The third-order valence-electron chi connectivity index (χ3n) is 1.98. The van der Waals surface area contributed by atoms with Gasteiger partial charge < -0.3 is 15.2 Å². The first-order valence-corrected chi connectivity index (χ1v) is 4.72. The first kappa shape index (κ1) is 11.0. The summed E-state index contributed by atoms with van der Waals surface area (Å²) >= 11 is 0. The zero-order valence-corrected chi connectivity index (χ0v) is 8.66. The molecule has 0 spiro atoms. The molecule has 2 N–H and O–H groups in total. The first-order chi connectivity index (χ1) is 6.72. The number of phenolic OH excluding ortho intramolecular Hbond substituents is 1. The fourth-order valence-electron chi connectivity index (χ4n) is 1.27. The molecule has 0 radical (unpaired) electrons. The predicted octanol–water partition coefficient (Wildman–Crippen LogP) is 1.52. The summed E-state index contributed by atoms with van der Waals surface area (Å²) in [4.78, 5) is 0. The zero-order valence-electron chi connectivity index (χ0n) is 8.66. The van der Waals surface area contributed by atoms with E-state index in [4.69, 9.17) is 4.74 Å². The van der Waals surface area contributed by atoms with Gasteiger partial charge in [-0.15, -0.1) is 0 Å². The lowest BCUT2D eigenvalue weighted by atomic mass is 10.2. The van der Waals surface area contributed by atoms with Gasteiger partial charge >= 0.3 is 0 Å². The highest BCUT2D eigenvalue weighted by Gasteiger charge is 2.00. The minimum atomic E-state index is 0.309. The second-order valence-corrected chi connectivity index (χ2v) is 3.41. The normalized spacial score (nSPS) is 12.7. The van der Waals surface area contributed by atoms with Crippen LogP contribution in [0.15, 0.2) is 24.3 Å². The Kier molecular flexibility index (Phi) is 4.43. The lowest BCUT2D eigenvalue weighted by Crippen LogP contribution is -2.29. The summed E-state index contributed by atoms with van der Waals surface area (Å²) in [6.45, 7) is 3.50. The van der Waals surface area contributed by atoms with Crippen LogP contribution in [0.2, 0.25) is 0 Å². The van der Waals surface area contributed by atoms with Crippen LogP contribution in [0.4, 0.5) is 0 Å². The maximum atomic E-state index is 9.23. The smallest absolute Gasteiger partial charge is 0.115 e. The minimum absolute atomic E-state index is 0.309. The molecule has 1 aromatic rings. The Bertz CT molecular complexity index is 276. The number of aromatic hydroxyl groups is 1. The fraction of sp³-hybridized carbons (Fsp3) is 0.455. The van der Waals surface area contributed by atoms with Crippen molar-refractivity contribution in [3.05, 3.63) is 29.8 Å². The van der Waals surface area contributed by atoms with Crippen LogP contribution >= 0.6 is 0 Å². The van der Waals surface area contributed by atoms with E-state index in [1.54, 1.807) is 19.2 Å². The molecule has 14 heavy (non-hydrogen) atoms. The maximum absolute atomic E-state index is 9.23. The van der Waals surface area contributed by atoms with E-state index in [-0.39, 0.29) is 0 Å². The van der Waals surface area contributed by atoms with Crippen LogP contribution in [0.1, 0.15) is 12.5 Å². The number of hydrogen-bond donors (Lipinski definition) is 2. The Labute approximate surface area is 84.7 Å². The molecule has 0 aromatic heterocycles. The summed E-state index contributed by atoms with van der Waals surface area (Å²) in [6.07, 6.45) is 0. The molecule has 0 saturated heterocycles.